The maximum Gasteiger partial charge on any atom is 0.228 e. The second-order valence-corrected chi connectivity index (χ2v) is 5.21. The molecule has 0 spiro atoms. The molecule has 0 atom stereocenters. The summed E-state index contributed by atoms with van der Waals surface area (Å²) in [5, 5.41) is 2.98. The van der Waals surface area contributed by atoms with Gasteiger partial charge in [0.1, 0.15) is 0 Å². The molecule has 0 unspecified atom stereocenters. The van der Waals surface area contributed by atoms with E-state index in [0.717, 1.165) is 16.8 Å². The number of nitrogen functional groups attached to an aromatic ring is 1. The van der Waals surface area contributed by atoms with Gasteiger partial charge in [0.2, 0.25) is 5.91 Å². The van der Waals surface area contributed by atoms with Crippen molar-refractivity contribution in [3.63, 3.8) is 0 Å². The van der Waals surface area contributed by atoms with Crippen molar-refractivity contribution in [3.05, 3.63) is 59.7 Å². The fourth-order valence-electron chi connectivity index (χ4n) is 2.20. The Morgan fingerprint density at radius 3 is 2.60 bits per heavy atom. The quantitative estimate of drug-likeness (QED) is 0.833. The van der Waals surface area contributed by atoms with Crippen LogP contribution in [0.25, 0.3) is 0 Å². The van der Waals surface area contributed by atoms with E-state index < -0.39 is 0 Å². The first-order valence-electron chi connectivity index (χ1n) is 6.79. The van der Waals surface area contributed by atoms with Crippen LogP contribution in [0.3, 0.4) is 0 Å². The van der Waals surface area contributed by atoms with Gasteiger partial charge in [-0.25, -0.2) is 0 Å². The van der Waals surface area contributed by atoms with Gasteiger partial charge >= 0.3 is 0 Å². The van der Waals surface area contributed by atoms with Crippen LogP contribution in [-0.4, -0.2) is 5.91 Å². The van der Waals surface area contributed by atoms with E-state index in [9.17, 15) is 4.79 Å². The predicted octanol–water partition coefficient (Wildman–Crippen LogP) is 3.57. The van der Waals surface area contributed by atoms with E-state index in [1.807, 2.05) is 48.5 Å². The molecule has 0 aliphatic rings. The van der Waals surface area contributed by atoms with Gasteiger partial charge in [-0.15, -0.1) is 0 Å². The van der Waals surface area contributed by atoms with Gasteiger partial charge in [0.25, 0.3) is 0 Å². The highest BCUT2D eigenvalue weighted by molar-refractivity contribution is 5.93. The van der Waals surface area contributed by atoms with Gasteiger partial charge in [0.05, 0.1) is 6.42 Å². The van der Waals surface area contributed by atoms with Crippen molar-refractivity contribution in [2.45, 2.75) is 26.2 Å². The summed E-state index contributed by atoms with van der Waals surface area (Å²) in [6.45, 7) is 4.23. The molecule has 20 heavy (non-hydrogen) atoms. The number of nitrogens with two attached hydrogens (primary N) is 1. The van der Waals surface area contributed by atoms with Crippen LogP contribution in [-0.2, 0) is 11.2 Å². The van der Waals surface area contributed by atoms with Crippen LogP contribution in [0.2, 0.25) is 0 Å². The molecule has 2 aromatic rings. The van der Waals surface area contributed by atoms with Crippen LogP contribution >= 0.6 is 0 Å². The number of para-hydroxylation sites is 1. The number of carbonyl (C=O) groups is 1. The fraction of sp³-hybridized carbons (Fsp3) is 0.235. The van der Waals surface area contributed by atoms with Gasteiger partial charge in [0.15, 0.2) is 0 Å². The SMILES string of the molecule is CC(C)c1ccccc1NC(=O)Cc1cccc(N)c1. The normalized spacial score (nSPS) is 10.6. The maximum atomic E-state index is 12.1. The first kappa shape index (κ1) is 14.1. The summed E-state index contributed by atoms with van der Waals surface area (Å²) >= 11 is 0. The number of benzene rings is 2. The monoisotopic (exact) mass is 268 g/mol. The number of hydrogen-bond acceptors (Lipinski definition) is 2. The Kier molecular flexibility index (Phi) is 4.41. The van der Waals surface area contributed by atoms with Gasteiger partial charge in [-0.3, -0.25) is 4.79 Å². The van der Waals surface area contributed by atoms with Crippen molar-refractivity contribution in [3.8, 4) is 0 Å². The zero-order valence-electron chi connectivity index (χ0n) is 11.9. The second kappa shape index (κ2) is 6.24. The minimum atomic E-state index is -0.0244. The first-order valence-corrected chi connectivity index (χ1v) is 6.79. The molecule has 0 radical (unpaired) electrons. The molecule has 0 saturated heterocycles. The van der Waals surface area contributed by atoms with E-state index in [-0.39, 0.29) is 5.91 Å². The molecule has 3 N–H and O–H groups in total. The van der Waals surface area contributed by atoms with Crippen molar-refractivity contribution < 1.29 is 4.79 Å². The Bertz CT molecular complexity index is 605. The Hall–Kier alpha value is -2.29. The van der Waals surface area contributed by atoms with Crippen LogP contribution in [0.4, 0.5) is 11.4 Å². The fourth-order valence-corrected chi connectivity index (χ4v) is 2.20. The first-order chi connectivity index (χ1) is 9.56. The number of nitrogens with one attached hydrogen (secondary N) is 1. The molecule has 0 saturated carbocycles. The van der Waals surface area contributed by atoms with E-state index in [1.165, 1.54) is 0 Å². The molecule has 0 aromatic heterocycles. The van der Waals surface area contributed by atoms with Crippen LogP contribution in [0.15, 0.2) is 48.5 Å². The Morgan fingerprint density at radius 1 is 1.15 bits per heavy atom. The van der Waals surface area contributed by atoms with Crippen molar-refractivity contribution in [1.29, 1.82) is 0 Å². The molecule has 104 valence electrons. The van der Waals surface area contributed by atoms with E-state index in [1.54, 1.807) is 0 Å². The smallest absolute Gasteiger partial charge is 0.228 e. The summed E-state index contributed by atoms with van der Waals surface area (Å²) in [5.41, 5.74) is 9.35. The summed E-state index contributed by atoms with van der Waals surface area (Å²) in [7, 11) is 0. The zero-order valence-corrected chi connectivity index (χ0v) is 11.9. The highest BCUT2D eigenvalue weighted by atomic mass is 16.1. The maximum absolute atomic E-state index is 12.1. The predicted molar refractivity (Wildman–Crippen MR) is 83.7 cm³/mol. The number of amides is 1. The van der Waals surface area contributed by atoms with E-state index in [2.05, 4.69) is 19.2 Å². The van der Waals surface area contributed by atoms with Gasteiger partial charge < -0.3 is 11.1 Å². The Balaban J connectivity index is 2.09. The summed E-state index contributed by atoms with van der Waals surface area (Å²) in [6, 6.07) is 15.3. The molecule has 2 aromatic carbocycles. The van der Waals surface area contributed by atoms with E-state index in [0.29, 0.717) is 18.0 Å². The summed E-state index contributed by atoms with van der Waals surface area (Å²) in [6.07, 6.45) is 0.331. The molecule has 0 fully saturated rings. The molecule has 0 bridgehead atoms. The summed E-state index contributed by atoms with van der Waals surface area (Å²) in [4.78, 5) is 12.1. The third-order valence-corrected chi connectivity index (χ3v) is 3.17. The lowest BCUT2D eigenvalue weighted by atomic mass is 10.0. The van der Waals surface area contributed by atoms with Gasteiger partial charge in [-0.05, 0) is 35.2 Å². The Morgan fingerprint density at radius 2 is 1.90 bits per heavy atom. The Labute approximate surface area is 119 Å². The average Bonchev–Trinajstić information content (AvgIpc) is 2.38. The largest absolute Gasteiger partial charge is 0.399 e. The van der Waals surface area contributed by atoms with Gasteiger partial charge in [0, 0.05) is 11.4 Å². The zero-order chi connectivity index (χ0) is 14.5. The molecular formula is C17H20N2O. The van der Waals surface area contributed by atoms with E-state index >= 15 is 0 Å². The lowest BCUT2D eigenvalue weighted by Crippen LogP contribution is -2.16. The summed E-state index contributed by atoms with van der Waals surface area (Å²) in [5.74, 6) is 0.350. The number of anilines is 2. The van der Waals surface area contributed by atoms with Crippen molar-refractivity contribution in [2.75, 3.05) is 11.1 Å². The molecule has 1 amide bonds. The highest BCUT2D eigenvalue weighted by Crippen LogP contribution is 2.23. The molecular weight excluding hydrogens is 248 g/mol. The van der Waals surface area contributed by atoms with Gasteiger partial charge in [-0.2, -0.15) is 0 Å². The molecule has 0 heterocycles. The molecule has 0 aliphatic carbocycles. The number of hydrogen-bond donors (Lipinski definition) is 2. The van der Waals surface area contributed by atoms with Crippen molar-refractivity contribution in [1.82, 2.24) is 0 Å². The van der Waals surface area contributed by atoms with Gasteiger partial charge in [-0.1, -0.05) is 44.2 Å². The van der Waals surface area contributed by atoms with Crippen molar-refractivity contribution >= 4 is 17.3 Å². The van der Waals surface area contributed by atoms with Crippen LogP contribution in [0, 0.1) is 0 Å². The minimum absolute atomic E-state index is 0.0244. The summed E-state index contributed by atoms with van der Waals surface area (Å²) < 4.78 is 0. The second-order valence-electron chi connectivity index (χ2n) is 5.21. The third-order valence-electron chi connectivity index (χ3n) is 3.17. The standard InChI is InChI=1S/C17H20N2O/c1-12(2)15-8-3-4-9-16(15)19-17(20)11-13-6-5-7-14(18)10-13/h3-10,12H,11,18H2,1-2H3,(H,19,20). The molecule has 3 nitrogen and oxygen atoms in total. The average molecular weight is 268 g/mol. The van der Waals surface area contributed by atoms with Crippen molar-refractivity contribution in [2.24, 2.45) is 0 Å². The molecule has 2 rings (SSSR count). The van der Waals surface area contributed by atoms with Crippen LogP contribution in [0.5, 0.6) is 0 Å². The van der Waals surface area contributed by atoms with E-state index in [4.69, 9.17) is 5.73 Å². The number of rotatable bonds is 4. The molecule has 0 aliphatic heterocycles. The lowest BCUT2D eigenvalue weighted by molar-refractivity contribution is -0.115. The lowest BCUT2D eigenvalue weighted by Gasteiger charge is -2.13. The third kappa shape index (κ3) is 3.60. The number of carbonyl (C=O) groups excluding carboxylic acids is 1. The minimum Gasteiger partial charge on any atom is -0.399 e. The van der Waals surface area contributed by atoms with Crippen LogP contribution < -0.4 is 11.1 Å². The topological polar surface area (TPSA) is 55.1 Å². The molecule has 3 heteroatoms. The van der Waals surface area contributed by atoms with Crippen LogP contribution in [0.1, 0.15) is 30.9 Å². The highest BCUT2D eigenvalue weighted by Gasteiger charge is 2.09.